The van der Waals surface area contributed by atoms with Crippen molar-refractivity contribution >= 4 is 27.7 Å². The Balaban J connectivity index is 2.82. The van der Waals surface area contributed by atoms with Gasteiger partial charge in [-0.3, -0.25) is 9.59 Å². The van der Waals surface area contributed by atoms with Crippen molar-refractivity contribution in [3.05, 3.63) is 35.4 Å². The van der Waals surface area contributed by atoms with Gasteiger partial charge in [-0.25, -0.2) is 0 Å². The second-order valence-electron chi connectivity index (χ2n) is 3.27. The van der Waals surface area contributed by atoms with E-state index in [-0.39, 0.29) is 5.78 Å². The molecule has 1 aromatic carbocycles. The maximum absolute atomic E-state index is 11.1. The van der Waals surface area contributed by atoms with Gasteiger partial charge in [0.05, 0.1) is 0 Å². The fourth-order valence-corrected chi connectivity index (χ4v) is 1.59. The molecule has 0 aliphatic rings. The molecule has 0 saturated heterocycles. The zero-order valence-corrected chi connectivity index (χ0v) is 9.82. The van der Waals surface area contributed by atoms with Crippen molar-refractivity contribution in [1.82, 2.24) is 0 Å². The third kappa shape index (κ3) is 3.47. The van der Waals surface area contributed by atoms with Crippen LogP contribution in [0, 0.1) is 0 Å². The maximum Gasteiger partial charge on any atom is 0.317 e. The molecule has 80 valence electrons. The van der Waals surface area contributed by atoms with Crippen LogP contribution in [0.3, 0.4) is 0 Å². The third-order valence-electron chi connectivity index (χ3n) is 2.02. The molecule has 1 unspecified atom stereocenters. The summed E-state index contributed by atoms with van der Waals surface area (Å²) in [6.07, 6.45) is 0.371. The molecule has 0 aliphatic heterocycles. The van der Waals surface area contributed by atoms with Gasteiger partial charge in [-0.05, 0) is 25.0 Å². The fraction of sp³-hybridized carbons (Fsp3) is 0.273. The van der Waals surface area contributed by atoms with Gasteiger partial charge in [0.25, 0.3) is 0 Å². The van der Waals surface area contributed by atoms with Gasteiger partial charge in [-0.2, -0.15) is 0 Å². The molecule has 0 bridgehead atoms. The Kier molecular flexibility index (Phi) is 4.03. The minimum Gasteiger partial charge on any atom is -0.480 e. The van der Waals surface area contributed by atoms with Gasteiger partial charge in [-0.15, -0.1) is 0 Å². The molecule has 3 nitrogen and oxygen atoms in total. The van der Waals surface area contributed by atoms with Crippen LogP contribution in [0.1, 0.15) is 22.8 Å². The highest BCUT2D eigenvalue weighted by molar-refractivity contribution is 9.10. The van der Waals surface area contributed by atoms with Gasteiger partial charge < -0.3 is 5.11 Å². The summed E-state index contributed by atoms with van der Waals surface area (Å²) < 4.78 is 0. The highest BCUT2D eigenvalue weighted by Crippen LogP contribution is 2.12. The number of Topliss-reactive ketones (excluding diaryl/α,β-unsaturated/α-hetero) is 1. The van der Waals surface area contributed by atoms with E-state index < -0.39 is 10.8 Å². The molecule has 0 aliphatic carbocycles. The average molecular weight is 271 g/mol. The van der Waals surface area contributed by atoms with Crippen LogP contribution in [0.2, 0.25) is 0 Å². The van der Waals surface area contributed by atoms with Gasteiger partial charge in [0.15, 0.2) is 5.78 Å². The minimum absolute atomic E-state index is 0.0155. The van der Waals surface area contributed by atoms with Gasteiger partial charge >= 0.3 is 5.97 Å². The molecular formula is C11H11BrO3. The van der Waals surface area contributed by atoms with Crippen LogP contribution in [-0.4, -0.2) is 21.7 Å². The number of hydrogen-bond donors (Lipinski definition) is 1. The van der Waals surface area contributed by atoms with Crippen molar-refractivity contribution in [3.8, 4) is 0 Å². The number of halogens is 1. The van der Waals surface area contributed by atoms with Gasteiger partial charge in [-0.1, -0.05) is 34.1 Å². The molecule has 0 amide bonds. The normalized spacial score (nSPS) is 12.1. The first-order chi connectivity index (χ1) is 7.00. The number of carbonyl (C=O) groups is 2. The van der Waals surface area contributed by atoms with E-state index in [4.69, 9.17) is 5.11 Å². The molecule has 0 radical (unpaired) electrons. The Morgan fingerprint density at radius 3 is 2.67 bits per heavy atom. The molecule has 0 heterocycles. The Morgan fingerprint density at radius 2 is 2.13 bits per heavy atom. The number of hydrogen-bond acceptors (Lipinski definition) is 2. The van der Waals surface area contributed by atoms with Gasteiger partial charge in [0, 0.05) is 5.56 Å². The van der Waals surface area contributed by atoms with Crippen LogP contribution in [0.25, 0.3) is 0 Å². The molecule has 0 fully saturated rings. The van der Waals surface area contributed by atoms with E-state index >= 15 is 0 Å². The van der Waals surface area contributed by atoms with E-state index in [0.717, 1.165) is 5.56 Å². The van der Waals surface area contributed by atoms with Crippen molar-refractivity contribution in [1.29, 1.82) is 0 Å². The summed E-state index contributed by atoms with van der Waals surface area (Å²) in [6, 6.07) is 7.01. The summed E-state index contributed by atoms with van der Waals surface area (Å²) in [5.41, 5.74) is 1.45. The van der Waals surface area contributed by atoms with Gasteiger partial charge in [0.2, 0.25) is 0 Å². The monoisotopic (exact) mass is 270 g/mol. The number of carbonyl (C=O) groups excluding carboxylic acids is 1. The molecule has 1 rings (SSSR count). The Morgan fingerprint density at radius 1 is 1.47 bits per heavy atom. The topological polar surface area (TPSA) is 54.4 Å². The molecule has 0 aromatic heterocycles. The fourth-order valence-electron chi connectivity index (χ4n) is 1.21. The van der Waals surface area contributed by atoms with Crippen molar-refractivity contribution in [2.45, 2.75) is 18.2 Å². The van der Waals surface area contributed by atoms with E-state index in [1.807, 2.05) is 6.07 Å². The first kappa shape index (κ1) is 11.9. The predicted octanol–water partition coefficient (Wildman–Crippen LogP) is 2.28. The van der Waals surface area contributed by atoms with E-state index in [0.29, 0.717) is 12.0 Å². The van der Waals surface area contributed by atoms with Crippen LogP contribution >= 0.6 is 15.9 Å². The van der Waals surface area contributed by atoms with E-state index in [9.17, 15) is 9.59 Å². The lowest BCUT2D eigenvalue weighted by molar-refractivity contribution is -0.136. The van der Waals surface area contributed by atoms with E-state index in [1.54, 1.807) is 18.2 Å². The van der Waals surface area contributed by atoms with Crippen molar-refractivity contribution in [3.63, 3.8) is 0 Å². The number of carboxylic acids is 1. The molecule has 0 saturated carbocycles. The first-order valence-corrected chi connectivity index (χ1v) is 5.39. The maximum atomic E-state index is 11.1. The number of benzene rings is 1. The van der Waals surface area contributed by atoms with Crippen LogP contribution in [-0.2, 0) is 11.2 Å². The number of carboxylic acid groups (broad SMARTS) is 1. The van der Waals surface area contributed by atoms with Crippen LogP contribution in [0.4, 0.5) is 0 Å². The summed E-state index contributed by atoms with van der Waals surface area (Å²) in [5, 5.41) is 8.71. The molecule has 1 aromatic rings. The zero-order chi connectivity index (χ0) is 11.4. The SMILES string of the molecule is CC(=O)c1cccc(CC(Br)C(=O)O)c1. The second kappa shape index (κ2) is 5.07. The second-order valence-corrected chi connectivity index (χ2v) is 4.37. The average Bonchev–Trinajstić information content (AvgIpc) is 2.18. The number of ketones is 1. The number of rotatable bonds is 4. The van der Waals surface area contributed by atoms with E-state index in [2.05, 4.69) is 15.9 Å². The summed E-state index contributed by atoms with van der Waals surface area (Å²) in [6.45, 7) is 1.49. The van der Waals surface area contributed by atoms with Crippen LogP contribution in [0.15, 0.2) is 24.3 Å². The molecule has 4 heteroatoms. The van der Waals surface area contributed by atoms with Gasteiger partial charge in [0.1, 0.15) is 4.83 Å². The smallest absolute Gasteiger partial charge is 0.317 e. The lowest BCUT2D eigenvalue weighted by atomic mass is 10.0. The standard InChI is InChI=1S/C11H11BrO3/c1-7(13)9-4-2-3-8(5-9)6-10(12)11(14)15/h2-5,10H,6H2,1H3,(H,14,15). The summed E-state index contributed by atoms with van der Waals surface area (Å²) in [4.78, 5) is 21.1. The lowest BCUT2D eigenvalue weighted by Crippen LogP contribution is -2.15. The summed E-state index contributed by atoms with van der Waals surface area (Å²) >= 11 is 3.06. The molecular weight excluding hydrogens is 260 g/mol. The quantitative estimate of drug-likeness (QED) is 0.675. The molecule has 1 atom stereocenters. The van der Waals surface area contributed by atoms with E-state index in [1.165, 1.54) is 6.92 Å². The highest BCUT2D eigenvalue weighted by Gasteiger charge is 2.13. The third-order valence-corrected chi connectivity index (χ3v) is 2.73. The number of alkyl halides is 1. The lowest BCUT2D eigenvalue weighted by Gasteiger charge is -2.05. The Bertz CT molecular complexity index is 387. The largest absolute Gasteiger partial charge is 0.480 e. The van der Waals surface area contributed by atoms with Crippen molar-refractivity contribution in [2.24, 2.45) is 0 Å². The first-order valence-electron chi connectivity index (χ1n) is 4.47. The summed E-state index contributed by atoms with van der Waals surface area (Å²) in [7, 11) is 0. The summed E-state index contributed by atoms with van der Waals surface area (Å²) in [5.74, 6) is -0.915. The Hall–Kier alpha value is -1.16. The van der Waals surface area contributed by atoms with Crippen LogP contribution < -0.4 is 0 Å². The predicted molar refractivity (Wildman–Crippen MR) is 60.5 cm³/mol. The van der Waals surface area contributed by atoms with Crippen LogP contribution in [0.5, 0.6) is 0 Å². The minimum atomic E-state index is -0.900. The highest BCUT2D eigenvalue weighted by atomic mass is 79.9. The van der Waals surface area contributed by atoms with Crippen molar-refractivity contribution in [2.75, 3.05) is 0 Å². The Labute approximate surface area is 96.2 Å². The van der Waals surface area contributed by atoms with Crippen molar-refractivity contribution < 1.29 is 14.7 Å². The molecule has 1 N–H and O–H groups in total. The number of aliphatic carboxylic acids is 1. The molecule has 15 heavy (non-hydrogen) atoms. The zero-order valence-electron chi connectivity index (χ0n) is 8.24. The molecule has 0 spiro atoms.